The Labute approximate surface area is 155 Å². The molecule has 1 atom stereocenters. The van der Waals surface area contributed by atoms with Crippen LogP contribution in [-0.4, -0.2) is 35.2 Å². The molecular formula is C18H28N2O2S2. The van der Waals surface area contributed by atoms with Crippen LogP contribution < -0.4 is 10.6 Å². The van der Waals surface area contributed by atoms with Crippen LogP contribution in [0, 0.1) is 20.8 Å². The van der Waals surface area contributed by atoms with Gasteiger partial charge in [0.1, 0.15) is 6.04 Å². The highest BCUT2D eigenvalue weighted by atomic mass is 32.2. The first-order valence-corrected chi connectivity index (χ1v) is 9.89. The second-order valence-electron chi connectivity index (χ2n) is 6.17. The van der Waals surface area contributed by atoms with Crippen molar-refractivity contribution in [3.63, 3.8) is 0 Å². The molecule has 0 radical (unpaired) electrons. The average Bonchev–Trinajstić information content (AvgIpc) is 2.48. The first-order valence-electron chi connectivity index (χ1n) is 8.09. The molecule has 4 nitrogen and oxygen atoms in total. The second kappa shape index (κ2) is 9.89. The summed E-state index contributed by atoms with van der Waals surface area (Å²) in [5.41, 5.74) is 4.52. The van der Waals surface area contributed by atoms with E-state index in [1.54, 1.807) is 11.8 Å². The molecule has 0 aliphatic heterocycles. The molecule has 1 unspecified atom stereocenters. The first kappa shape index (κ1) is 20.8. The number of benzene rings is 1. The fraction of sp³-hybridized carbons (Fsp3) is 0.556. The van der Waals surface area contributed by atoms with Gasteiger partial charge in [-0.15, -0.1) is 0 Å². The van der Waals surface area contributed by atoms with Crippen LogP contribution in [0.25, 0.3) is 0 Å². The van der Waals surface area contributed by atoms with E-state index in [2.05, 4.69) is 36.6 Å². The zero-order chi connectivity index (χ0) is 18.3. The Hall–Kier alpha value is -1.27. The second-order valence-corrected chi connectivity index (χ2v) is 7.56. The molecule has 0 saturated carbocycles. The number of thioether (sulfide) groups is 1. The Morgan fingerprint density at radius 3 is 2.42 bits per heavy atom. The van der Waals surface area contributed by atoms with Crippen molar-refractivity contribution in [3.8, 4) is 0 Å². The highest BCUT2D eigenvalue weighted by Gasteiger charge is 2.21. The highest BCUT2D eigenvalue weighted by molar-refractivity contribution is 7.98. The molecule has 0 spiro atoms. The molecule has 134 valence electrons. The van der Waals surface area contributed by atoms with Gasteiger partial charge in [-0.2, -0.15) is 11.8 Å². The summed E-state index contributed by atoms with van der Waals surface area (Å²) in [7, 11) is 0. The van der Waals surface area contributed by atoms with Gasteiger partial charge in [0.15, 0.2) is 5.11 Å². The monoisotopic (exact) mass is 368 g/mol. The molecule has 24 heavy (non-hydrogen) atoms. The summed E-state index contributed by atoms with van der Waals surface area (Å²) >= 11 is 7.09. The average molecular weight is 369 g/mol. The van der Waals surface area contributed by atoms with E-state index in [0.29, 0.717) is 11.5 Å². The summed E-state index contributed by atoms with van der Waals surface area (Å²) < 4.78 is 5.32. The van der Waals surface area contributed by atoms with Crippen LogP contribution in [-0.2, 0) is 9.53 Å². The highest BCUT2D eigenvalue weighted by Crippen LogP contribution is 2.20. The molecule has 1 aromatic rings. The number of hydrogen-bond donors (Lipinski definition) is 2. The topological polar surface area (TPSA) is 50.4 Å². The third-order valence-corrected chi connectivity index (χ3v) is 4.51. The smallest absolute Gasteiger partial charge is 0.328 e. The Morgan fingerprint density at radius 2 is 1.83 bits per heavy atom. The van der Waals surface area contributed by atoms with Crippen molar-refractivity contribution in [2.75, 3.05) is 17.3 Å². The lowest BCUT2D eigenvalue weighted by atomic mass is 10.1. The number of anilines is 1. The fourth-order valence-corrected chi connectivity index (χ4v) is 2.93. The molecule has 0 aliphatic rings. The predicted molar refractivity (Wildman–Crippen MR) is 108 cm³/mol. The number of carbonyl (C=O) groups excluding carboxylic acids is 1. The van der Waals surface area contributed by atoms with Gasteiger partial charge in [0.25, 0.3) is 0 Å². The van der Waals surface area contributed by atoms with Gasteiger partial charge in [-0.3, -0.25) is 0 Å². The third kappa shape index (κ3) is 6.69. The molecule has 1 aromatic carbocycles. The van der Waals surface area contributed by atoms with Crippen molar-refractivity contribution in [2.24, 2.45) is 0 Å². The van der Waals surface area contributed by atoms with Crippen molar-refractivity contribution in [3.05, 3.63) is 28.8 Å². The van der Waals surface area contributed by atoms with Crippen LogP contribution in [0.5, 0.6) is 0 Å². The lowest BCUT2D eigenvalue weighted by Gasteiger charge is -2.21. The van der Waals surface area contributed by atoms with Crippen molar-refractivity contribution in [2.45, 2.75) is 53.2 Å². The van der Waals surface area contributed by atoms with E-state index in [4.69, 9.17) is 17.0 Å². The van der Waals surface area contributed by atoms with Crippen molar-refractivity contribution >= 4 is 40.7 Å². The minimum absolute atomic E-state index is 0.139. The van der Waals surface area contributed by atoms with Gasteiger partial charge in [-0.05, 0) is 88.0 Å². The number of thiocarbonyl (C=S) groups is 1. The van der Waals surface area contributed by atoms with E-state index in [-0.39, 0.29) is 12.1 Å². The SMILES string of the molecule is CSCCC(NC(=S)Nc1cc(C)c(C)cc1C)C(=O)OC(C)C. The van der Waals surface area contributed by atoms with E-state index in [1.165, 1.54) is 11.1 Å². The number of nitrogens with one attached hydrogen (secondary N) is 2. The van der Waals surface area contributed by atoms with Crippen LogP contribution in [0.15, 0.2) is 12.1 Å². The molecule has 2 N–H and O–H groups in total. The van der Waals surface area contributed by atoms with Gasteiger partial charge in [-0.25, -0.2) is 4.79 Å². The van der Waals surface area contributed by atoms with E-state index in [9.17, 15) is 4.79 Å². The summed E-state index contributed by atoms with van der Waals surface area (Å²) in [6.07, 6.45) is 2.54. The third-order valence-electron chi connectivity index (χ3n) is 3.64. The molecule has 0 fully saturated rings. The normalized spacial score (nSPS) is 12.0. The maximum Gasteiger partial charge on any atom is 0.328 e. The van der Waals surface area contributed by atoms with Crippen LogP contribution in [0.1, 0.15) is 37.0 Å². The van der Waals surface area contributed by atoms with Gasteiger partial charge >= 0.3 is 5.97 Å². The lowest BCUT2D eigenvalue weighted by Crippen LogP contribution is -2.44. The van der Waals surface area contributed by atoms with Crippen LogP contribution in [0.3, 0.4) is 0 Å². The van der Waals surface area contributed by atoms with Crippen LogP contribution >= 0.6 is 24.0 Å². The lowest BCUT2D eigenvalue weighted by molar-refractivity contribution is -0.149. The molecule has 1 rings (SSSR count). The maximum absolute atomic E-state index is 12.2. The molecule has 0 heterocycles. The van der Waals surface area contributed by atoms with Gasteiger partial charge < -0.3 is 15.4 Å². The summed E-state index contributed by atoms with van der Waals surface area (Å²) in [6.45, 7) is 9.88. The van der Waals surface area contributed by atoms with Gasteiger partial charge in [0, 0.05) is 5.69 Å². The van der Waals surface area contributed by atoms with Crippen LogP contribution in [0.2, 0.25) is 0 Å². The number of carbonyl (C=O) groups is 1. The van der Waals surface area contributed by atoms with Gasteiger partial charge in [-0.1, -0.05) is 6.07 Å². The molecule has 0 amide bonds. The zero-order valence-electron chi connectivity index (χ0n) is 15.4. The van der Waals surface area contributed by atoms with Crippen molar-refractivity contribution in [1.29, 1.82) is 0 Å². The van der Waals surface area contributed by atoms with Crippen molar-refractivity contribution < 1.29 is 9.53 Å². The molecular weight excluding hydrogens is 340 g/mol. The van der Waals surface area contributed by atoms with E-state index < -0.39 is 6.04 Å². The van der Waals surface area contributed by atoms with E-state index >= 15 is 0 Å². The standard InChI is InChI=1S/C18H28N2O2S2/c1-11(2)22-17(21)15(7-8-24-6)19-18(23)20-16-10-13(4)12(3)9-14(16)5/h9-11,15H,7-8H2,1-6H3,(H2,19,20,23). The zero-order valence-corrected chi connectivity index (χ0v) is 17.0. The summed E-state index contributed by atoms with van der Waals surface area (Å²) in [6, 6.07) is 3.76. The molecule has 0 saturated heterocycles. The number of esters is 1. The quantitative estimate of drug-likeness (QED) is 0.561. The minimum atomic E-state index is -0.438. The molecule has 6 heteroatoms. The molecule has 0 bridgehead atoms. The van der Waals surface area contributed by atoms with E-state index in [1.807, 2.05) is 27.0 Å². The first-order chi connectivity index (χ1) is 11.2. The Morgan fingerprint density at radius 1 is 1.21 bits per heavy atom. The number of aryl methyl sites for hydroxylation is 3. The van der Waals surface area contributed by atoms with E-state index in [0.717, 1.165) is 17.0 Å². The molecule has 0 aliphatic carbocycles. The predicted octanol–water partition coefficient (Wildman–Crippen LogP) is 3.97. The minimum Gasteiger partial charge on any atom is -0.461 e. The van der Waals surface area contributed by atoms with Gasteiger partial charge in [0.2, 0.25) is 0 Å². The Balaban J connectivity index is 2.77. The van der Waals surface area contributed by atoms with Crippen molar-refractivity contribution in [1.82, 2.24) is 5.32 Å². The maximum atomic E-state index is 12.2. The van der Waals surface area contributed by atoms with Gasteiger partial charge in [0.05, 0.1) is 6.10 Å². The number of rotatable bonds is 7. The summed E-state index contributed by atoms with van der Waals surface area (Å²) in [5, 5.41) is 6.74. The number of hydrogen-bond acceptors (Lipinski definition) is 4. The summed E-state index contributed by atoms with van der Waals surface area (Å²) in [5.74, 6) is 0.593. The largest absolute Gasteiger partial charge is 0.461 e. The summed E-state index contributed by atoms with van der Waals surface area (Å²) in [4.78, 5) is 12.2. The van der Waals surface area contributed by atoms with Crippen LogP contribution in [0.4, 0.5) is 5.69 Å². The Bertz CT molecular complexity index is 589. The molecule has 0 aromatic heterocycles. The fourth-order valence-electron chi connectivity index (χ4n) is 2.21. The number of ether oxygens (including phenoxy) is 1. The Kier molecular flexibility index (Phi) is 8.56.